The van der Waals surface area contributed by atoms with E-state index in [2.05, 4.69) is 15.3 Å². The number of hydrogen-bond acceptors (Lipinski definition) is 7. The summed E-state index contributed by atoms with van der Waals surface area (Å²) < 4.78 is 69.8. The number of imidazole rings is 1. The van der Waals surface area contributed by atoms with Crippen molar-refractivity contribution >= 4 is 27.4 Å². The molecule has 2 aromatic heterocycles. The SMILES string of the molecule is Cc1ccc(S(=O)(=O)N2CCCC(CNC(=O)CN(C)C)C2)cc1-c1cnc2c(N)nc(C(F)(F)F)cn12. The smallest absolute Gasteiger partial charge is 0.381 e. The number of carbonyl (C=O) groups excluding carboxylic acids is 1. The van der Waals surface area contributed by atoms with Crippen molar-refractivity contribution in [1.82, 2.24) is 28.9 Å². The number of likely N-dealkylation sites (N-methyl/N-ethyl adjacent to an activating group) is 1. The molecule has 1 unspecified atom stereocenters. The van der Waals surface area contributed by atoms with Gasteiger partial charge in [-0.05, 0) is 57.5 Å². The van der Waals surface area contributed by atoms with Crippen LogP contribution in [0.25, 0.3) is 16.9 Å². The molecule has 1 atom stereocenters. The molecule has 1 amide bonds. The van der Waals surface area contributed by atoms with Gasteiger partial charge in [0.2, 0.25) is 15.9 Å². The Kier molecular flexibility index (Phi) is 7.68. The van der Waals surface area contributed by atoms with Gasteiger partial charge < -0.3 is 16.0 Å². The monoisotopic (exact) mass is 553 g/mol. The van der Waals surface area contributed by atoms with Gasteiger partial charge in [-0.3, -0.25) is 9.20 Å². The number of nitrogens with one attached hydrogen (secondary N) is 1. The van der Waals surface area contributed by atoms with Crippen LogP contribution >= 0.6 is 0 Å². The molecule has 206 valence electrons. The molecule has 3 heterocycles. The molecule has 14 heteroatoms. The Bertz CT molecular complexity index is 1450. The number of amides is 1. The van der Waals surface area contributed by atoms with E-state index in [0.29, 0.717) is 30.6 Å². The Labute approximate surface area is 218 Å². The van der Waals surface area contributed by atoms with Crippen molar-refractivity contribution in [3.63, 3.8) is 0 Å². The fourth-order valence-corrected chi connectivity index (χ4v) is 6.13. The van der Waals surface area contributed by atoms with Gasteiger partial charge >= 0.3 is 6.18 Å². The van der Waals surface area contributed by atoms with Gasteiger partial charge in [0.1, 0.15) is 0 Å². The first-order valence-corrected chi connectivity index (χ1v) is 13.4. The number of alkyl halides is 3. The number of carbonyl (C=O) groups is 1. The summed E-state index contributed by atoms with van der Waals surface area (Å²) in [6.07, 6.45) is -1.15. The van der Waals surface area contributed by atoms with Crippen molar-refractivity contribution in [1.29, 1.82) is 0 Å². The first-order valence-electron chi connectivity index (χ1n) is 12.0. The van der Waals surface area contributed by atoms with Crippen LogP contribution in [0.3, 0.4) is 0 Å². The molecule has 0 radical (unpaired) electrons. The molecular formula is C24H30F3N7O3S. The van der Waals surface area contributed by atoms with Crippen molar-refractivity contribution < 1.29 is 26.4 Å². The highest BCUT2D eigenvalue weighted by Crippen LogP contribution is 2.33. The van der Waals surface area contributed by atoms with Crippen LogP contribution in [0.5, 0.6) is 0 Å². The zero-order valence-electron chi connectivity index (χ0n) is 21.3. The Morgan fingerprint density at radius 2 is 2.03 bits per heavy atom. The van der Waals surface area contributed by atoms with Crippen molar-refractivity contribution in [3.05, 3.63) is 41.9 Å². The molecule has 4 rings (SSSR count). The summed E-state index contributed by atoms with van der Waals surface area (Å²) in [5.74, 6) is -0.551. The molecule has 0 aliphatic carbocycles. The fraction of sp³-hybridized carbons (Fsp3) is 0.458. The largest absolute Gasteiger partial charge is 0.434 e. The predicted octanol–water partition coefficient (Wildman–Crippen LogP) is 2.38. The first kappa shape index (κ1) is 27.8. The summed E-state index contributed by atoms with van der Waals surface area (Å²) in [5, 5.41) is 2.86. The van der Waals surface area contributed by atoms with E-state index < -0.39 is 21.9 Å². The van der Waals surface area contributed by atoms with E-state index in [1.54, 1.807) is 32.0 Å². The van der Waals surface area contributed by atoms with Gasteiger partial charge in [-0.2, -0.15) is 17.5 Å². The third-order valence-corrected chi connectivity index (χ3v) is 8.32. The second kappa shape index (κ2) is 10.5. The van der Waals surface area contributed by atoms with E-state index in [1.807, 2.05) is 0 Å². The fourth-order valence-electron chi connectivity index (χ4n) is 4.55. The zero-order chi connectivity index (χ0) is 27.8. The molecule has 1 saturated heterocycles. The molecule has 0 bridgehead atoms. The quantitative estimate of drug-likeness (QED) is 0.460. The van der Waals surface area contributed by atoms with Crippen molar-refractivity contribution in [2.75, 3.05) is 46.0 Å². The number of piperidine rings is 1. The number of halogens is 3. The third kappa shape index (κ3) is 5.76. The van der Waals surface area contributed by atoms with E-state index >= 15 is 0 Å². The van der Waals surface area contributed by atoms with Crippen molar-refractivity contribution in [3.8, 4) is 11.3 Å². The average Bonchev–Trinajstić information content (AvgIpc) is 3.27. The molecule has 38 heavy (non-hydrogen) atoms. The average molecular weight is 554 g/mol. The minimum Gasteiger partial charge on any atom is -0.381 e. The van der Waals surface area contributed by atoms with Crippen LogP contribution in [-0.4, -0.2) is 78.2 Å². The molecule has 1 aliphatic heterocycles. The van der Waals surface area contributed by atoms with Crippen LogP contribution in [0.2, 0.25) is 0 Å². The van der Waals surface area contributed by atoms with Crippen LogP contribution in [0, 0.1) is 12.8 Å². The molecule has 3 N–H and O–H groups in total. The van der Waals surface area contributed by atoms with Gasteiger partial charge in [-0.25, -0.2) is 18.4 Å². The molecule has 0 saturated carbocycles. The number of aromatic nitrogens is 3. The summed E-state index contributed by atoms with van der Waals surface area (Å²) in [7, 11) is -0.330. The highest BCUT2D eigenvalue weighted by Gasteiger charge is 2.34. The van der Waals surface area contributed by atoms with Crippen LogP contribution in [0.4, 0.5) is 19.0 Å². The molecule has 1 fully saturated rings. The highest BCUT2D eigenvalue weighted by molar-refractivity contribution is 7.89. The van der Waals surface area contributed by atoms with Crippen molar-refractivity contribution in [2.45, 2.75) is 30.8 Å². The molecule has 1 aromatic carbocycles. The number of benzene rings is 1. The lowest BCUT2D eigenvalue weighted by atomic mass is 10.00. The molecule has 3 aromatic rings. The lowest BCUT2D eigenvalue weighted by Crippen LogP contribution is -2.44. The van der Waals surface area contributed by atoms with Crippen LogP contribution in [-0.2, 0) is 21.0 Å². The molecule has 0 spiro atoms. The van der Waals surface area contributed by atoms with E-state index in [0.717, 1.165) is 12.6 Å². The van der Waals surface area contributed by atoms with Gasteiger partial charge in [0.25, 0.3) is 0 Å². The number of nitrogens with two attached hydrogens (primary N) is 1. The normalized spacial score (nSPS) is 17.3. The van der Waals surface area contributed by atoms with Crippen LogP contribution in [0.15, 0.2) is 35.5 Å². The Morgan fingerprint density at radius 1 is 1.29 bits per heavy atom. The lowest BCUT2D eigenvalue weighted by Gasteiger charge is -2.32. The number of nitrogen functional groups attached to an aromatic ring is 1. The molecule has 10 nitrogen and oxygen atoms in total. The number of sulfonamides is 1. The van der Waals surface area contributed by atoms with Gasteiger partial charge in [-0.1, -0.05) is 6.07 Å². The molecule has 1 aliphatic rings. The Morgan fingerprint density at radius 3 is 2.71 bits per heavy atom. The summed E-state index contributed by atoms with van der Waals surface area (Å²) >= 11 is 0. The van der Waals surface area contributed by atoms with E-state index in [9.17, 15) is 26.4 Å². The van der Waals surface area contributed by atoms with Crippen LogP contribution < -0.4 is 11.1 Å². The van der Waals surface area contributed by atoms with E-state index in [1.165, 1.54) is 27.0 Å². The summed E-state index contributed by atoms with van der Waals surface area (Å²) in [6, 6.07) is 4.54. The summed E-state index contributed by atoms with van der Waals surface area (Å²) in [4.78, 5) is 21.3. The number of fused-ring (bicyclic) bond motifs is 1. The van der Waals surface area contributed by atoms with Gasteiger partial charge in [-0.15, -0.1) is 0 Å². The number of rotatable bonds is 7. The van der Waals surface area contributed by atoms with Crippen LogP contribution in [0.1, 0.15) is 24.1 Å². The third-order valence-electron chi connectivity index (χ3n) is 6.46. The number of nitrogens with zero attached hydrogens (tertiary/aromatic N) is 5. The maximum atomic E-state index is 13.6. The second-order valence-electron chi connectivity index (χ2n) is 9.74. The van der Waals surface area contributed by atoms with Crippen molar-refractivity contribution in [2.24, 2.45) is 5.92 Å². The zero-order valence-corrected chi connectivity index (χ0v) is 22.1. The Balaban J connectivity index is 1.63. The summed E-state index contributed by atoms with van der Waals surface area (Å²) in [5.41, 5.74) is 5.90. The minimum atomic E-state index is -4.72. The van der Waals surface area contributed by atoms with E-state index in [4.69, 9.17) is 5.73 Å². The second-order valence-corrected chi connectivity index (χ2v) is 11.7. The first-order chi connectivity index (χ1) is 17.8. The number of hydrogen-bond donors (Lipinski definition) is 2. The topological polar surface area (TPSA) is 126 Å². The Hall–Kier alpha value is -3.23. The predicted molar refractivity (Wildman–Crippen MR) is 136 cm³/mol. The summed E-state index contributed by atoms with van der Waals surface area (Å²) in [6.45, 7) is 2.93. The molecular weight excluding hydrogens is 523 g/mol. The maximum Gasteiger partial charge on any atom is 0.434 e. The number of anilines is 1. The lowest BCUT2D eigenvalue weighted by molar-refractivity contribution is -0.141. The highest BCUT2D eigenvalue weighted by atomic mass is 32.2. The standard InChI is InChI=1S/C24H30F3N7O3S/c1-15-6-7-17(38(36,37)33-8-4-5-16(12-33)10-29-21(35)14-32(2)3)9-18(15)19-11-30-23-22(28)31-20(13-34(19)23)24(25,26)27/h6-7,9,11,13,16H,4-5,8,10,12,14H2,1-3H3,(H2,28,31)(H,29,35). The van der Waals surface area contributed by atoms with Gasteiger partial charge in [0.05, 0.1) is 23.3 Å². The van der Waals surface area contributed by atoms with Gasteiger partial charge in [0, 0.05) is 31.4 Å². The number of aryl methyl sites for hydroxylation is 1. The van der Waals surface area contributed by atoms with Gasteiger partial charge in [0.15, 0.2) is 17.2 Å². The van der Waals surface area contributed by atoms with E-state index in [-0.39, 0.29) is 47.0 Å². The maximum absolute atomic E-state index is 13.6. The minimum absolute atomic E-state index is 0.0171.